The Balaban J connectivity index is 1.42. The van der Waals surface area contributed by atoms with E-state index in [0.717, 1.165) is 17.3 Å². The van der Waals surface area contributed by atoms with E-state index < -0.39 is 17.6 Å². The van der Waals surface area contributed by atoms with Crippen molar-refractivity contribution in [3.05, 3.63) is 114 Å². The molecule has 3 heterocycles. The minimum absolute atomic E-state index is 0.0233. The second-order valence-corrected chi connectivity index (χ2v) is 8.01. The highest BCUT2D eigenvalue weighted by atomic mass is 19.4. The van der Waals surface area contributed by atoms with Crippen molar-refractivity contribution in [1.82, 2.24) is 18.9 Å². The monoisotopic (exact) mass is 485 g/mol. The Morgan fingerprint density at radius 3 is 2.67 bits per heavy atom. The number of alkyl halides is 3. The summed E-state index contributed by atoms with van der Waals surface area (Å²) in [4.78, 5) is 21.0. The van der Waals surface area contributed by atoms with Crippen LogP contribution < -0.4 is 5.32 Å². The summed E-state index contributed by atoms with van der Waals surface area (Å²) >= 11 is 0. The van der Waals surface area contributed by atoms with E-state index in [1.807, 2.05) is 35.7 Å². The summed E-state index contributed by atoms with van der Waals surface area (Å²) in [5, 5.41) is 2.56. The summed E-state index contributed by atoms with van der Waals surface area (Å²) in [6, 6.07) is 14.2. The number of anilines is 1. The number of nitrogens with one attached hydrogen (secondary N) is 1. The molecule has 0 aliphatic heterocycles. The van der Waals surface area contributed by atoms with Crippen LogP contribution in [0.2, 0.25) is 0 Å². The molecule has 1 amide bonds. The molecule has 0 bridgehead atoms. The maximum Gasteiger partial charge on any atom is 0.418 e. The Morgan fingerprint density at radius 2 is 1.89 bits per heavy atom. The van der Waals surface area contributed by atoms with Crippen molar-refractivity contribution in [2.45, 2.75) is 13.1 Å². The highest BCUT2D eigenvalue weighted by Gasteiger charge is 2.34. The number of pyridine rings is 1. The van der Waals surface area contributed by atoms with E-state index in [-0.39, 0.29) is 16.9 Å². The molecule has 0 saturated carbocycles. The fourth-order valence-corrected chi connectivity index (χ4v) is 3.73. The first-order valence-electron chi connectivity index (χ1n) is 10.9. The molecule has 0 atom stereocenters. The van der Waals surface area contributed by atoms with Crippen LogP contribution >= 0.6 is 0 Å². The van der Waals surface area contributed by atoms with Gasteiger partial charge in [0, 0.05) is 35.4 Å². The average Bonchev–Trinajstić information content (AvgIpc) is 3.53. The Kier molecular flexibility index (Phi) is 5.78. The van der Waals surface area contributed by atoms with Gasteiger partial charge in [-0.15, -0.1) is 0 Å². The number of carbonyl (C=O) groups is 1. The Labute approximate surface area is 204 Å². The van der Waals surface area contributed by atoms with Gasteiger partial charge in [0.2, 0.25) is 0 Å². The summed E-state index contributed by atoms with van der Waals surface area (Å²) < 4.78 is 44.2. The fraction of sp³-hybridized carbons (Fsp3) is 0.0741. The van der Waals surface area contributed by atoms with Crippen LogP contribution in [0.5, 0.6) is 0 Å². The number of rotatable bonds is 3. The molecule has 0 unspecified atom stereocenters. The number of nitrogens with zero attached hydrogens (tertiary/aromatic N) is 4. The number of carbonyl (C=O) groups excluding carboxylic acids is 1. The number of benzene rings is 2. The Bertz CT molecular complexity index is 1640. The van der Waals surface area contributed by atoms with Crippen LogP contribution in [-0.2, 0) is 6.18 Å². The molecule has 36 heavy (non-hydrogen) atoms. The average molecular weight is 485 g/mol. The van der Waals surface area contributed by atoms with Crippen molar-refractivity contribution in [3.63, 3.8) is 0 Å². The molecule has 0 saturated heterocycles. The predicted octanol–water partition coefficient (Wildman–Crippen LogP) is 5.50. The first-order valence-corrected chi connectivity index (χ1v) is 10.9. The summed E-state index contributed by atoms with van der Waals surface area (Å²) in [7, 11) is 0. The van der Waals surface area contributed by atoms with Crippen LogP contribution in [0, 0.1) is 18.8 Å². The molecule has 5 aromatic rings. The van der Waals surface area contributed by atoms with Crippen molar-refractivity contribution < 1.29 is 18.0 Å². The van der Waals surface area contributed by atoms with Gasteiger partial charge in [-0.1, -0.05) is 18.1 Å². The topological polar surface area (TPSA) is 64.2 Å². The lowest BCUT2D eigenvalue weighted by Crippen LogP contribution is -2.15. The molecule has 0 spiro atoms. The van der Waals surface area contributed by atoms with Crippen LogP contribution in [0.3, 0.4) is 0 Å². The smallest absolute Gasteiger partial charge is 0.322 e. The largest absolute Gasteiger partial charge is 0.418 e. The normalized spacial score (nSPS) is 11.2. The quantitative estimate of drug-likeness (QED) is 0.343. The van der Waals surface area contributed by atoms with Gasteiger partial charge in [-0.3, -0.25) is 9.20 Å². The second kappa shape index (κ2) is 9.07. The lowest BCUT2D eigenvalue weighted by molar-refractivity contribution is -0.137. The molecule has 6 nitrogen and oxygen atoms in total. The zero-order valence-electron chi connectivity index (χ0n) is 18.9. The van der Waals surface area contributed by atoms with Crippen LogP contribution in [-0.4, -0.2) is 24.8 Å². The zero-order chi connectivity index (χ0) is 25.3. The van der Waals surface area contributed by atoms with Crippen molar-refractivity contribution >= 4 is 17.2 Å². The SMILES string of the molecule is Cc1ccc(C(=O)Nc2ccc(-n3ccnc3)c(C(F)(F)F)c2)cc1C#Cc1cnc2ccccn12. The molecule has 5 rings (SSSR count). The molecule has 0 fully saturated rings. The summed E-state index contributed by atoms with van der Waals surface area (Å²) in [6.07, 6.45) is 3.00. The van der Waals surface area contributed by atoms with Crippen LogP contribution in [0.1, 0.15) is 32.7 Å². The maximum atomic E-state index is 13.7. The van der Waals surface area contributed by atoms with E-state index in [4.69, 9.17) is 0 Å². The van der Waals surface area contributed by atoms with E-state index in [9.17, 15) is 18.0 Å². The molecule has 0 aliphatic carbocycles. The third-order valence-corrected chi connectivity index (χ3v) is 5.58. The number of imidazole rings is 2. The van der Waals surface area contributed by atoms with Gasteiger partial charge in [-0.05, 0) is 60.9 Å². The standard InChI is InChI=1S/C27H18F3N5O/c1-18-5-6-20(14-19(18)7-9-22-16-32-25-4-2-3-12-35(22)25)26(36)33-21-8-10-24(34-13-11-31-17-34)23(15-21)27(28,29)30/h2-6,8,10-17H,1H3,(H,33,36). The number of fused-ring (bicyclic) bond motifs is 1. The second-order valence-electron chi connectivity index (χ2n) is 8.01. The maximum absolute atomic E-state index is 13.7. The molecule has 1 N–H and O–H groups in total. The molecule has 0 radical (unpaired) electrons. The summed E-state index contributed by atoms with van der Waals surface area (Å²) in [6.45, 7) is 1.87. The van der Waals surface area contributed by atoms with E-state index in [1.54, 1.807) is 24.4 Å². The predicted molar refractivity (Wildman–Crippen MR) is 129 cm³/mol. The van der Waals surface area contributed by atoms with Gasteiger partial charge in [0.1, 0.15) is 11.3 Å². The number of halogens is 3. The Hall–Kier alpha value is -4.84. The van der Waals surface area contributed by atoms with E-state index >= 15 is 0 Å². The molecule has 9 heteroatoms. The lowest BCUT2D eigenvalue weighted by atomic mass is 10.0. The Morgan fingerprint density at radius 1 is 1.03 bits per heavy atom. The number of aryl methyl sites for hydroxylation is 1. The minimum Gasteiger partial charge on any atom is -0.322 e. The highest BCUT2D eigenvalue weighted by Crippen LogP contribution is 2.35. The van der Waals surface area contributed by atoms with Gasteiger partial charge in [0.05, 0.1) is 23.8 Å². The lowest BCUT2D eigenvalue weighted by Gasteiger charge is -2.15. The fourth-order valence-electron chi connectivity index (χ4n) is 3.73. The number of aromatic nitrogens is 4. The van der Waals surface area contributed by atoms with Gasteiger partial charge >= 0.3 is 6.18 Å². The van der Waals surface area contributed by atoms with Crippen molar-refractivity contribution in [2.24, 2.45) is 0 Å². The van der Waals surface area contributed by atoms with Gasteiger partial charge in [0.25, 0.3) is 5.91 Å². The van der Waals surface area contributed by atoms with E-state index in [2.05, 4.69) is 27.1 Å². The number of hydrogen-bond acceptors (Lipinski definition) is 3. The van der Waals surface area contributed by atoms with Gasteiger partial charge in [-0.25, -0.2) is 9.97 Å². The number of hydrogen-bond donors (Lipinski definition) is 1. The minimum atomic E-state index is -4.62. The van der Waals surface area contributed by atoms with E-state index in [0.29, 0.717) is 11.3 Å². The zero-order valence-corrected chi connectivity index (χ0v) is 18.9. The third-order valence-electron chi connectivity index (χ3n) is 5.58. The summed E-state index contributed by atoms with van der Waals surface area (Å²) in [5.41, 5.74) is 2.27. The van der Waals surface area contributed by atoms with Gasteiger partial charge in [-0.2, -0.15) is 13.2 Å². The van der Waals surface area contributed by atoms with Crippen LogP contribution in [0.25, 0.3) is 11.3 Å². The molecule has 2 aromatic carbocycles. The molecule has 178 valence electrons. The van der Waals surface area contributed by atoms with E-state index in [1.165, 1.54) is 35.4 Å². The van der Waals surface area contributed by atoms with Crippen LogP contribution in [0.4, 0.5) is 18.9 Å². The van der Waals surface area contributed by atoms with Crippen molar-refractivity contribution in [2.75, 3.05) is 5.32 Å². The molecular formula is C27H18F3N5O. The highest BCUT2D eigenvalue weighted by molar-refractivity contribution is 6.04. The van der Waals surface area contributed by atoms with Crippen LogP contribution in [0.15, 0.2) is 85.7 Å². The molecular weight excluding hydrogens is 467 g/mol. The first kappa shape index (κ1) is 22.9. The first-order chi connectivity index (χ1) is 17.3. The van der Waals surface area contributed by atoms with Crippen molar-refractivity contribution in [1.29, 1.82) is 0 Å². The van der Waals surface area contributed by atoms with Gasteiger partial charge < -0.3 is 9.88 Å². The van der Waals surface area contributed by atoms with Gasteiger partial charge in [0.15, 0.2) is 0 Å². The molecule has 0 aliphatic rings. The molecule has 3 aromatic heterocycles. The van der Waals surface area contributed by atoms with Crippen molar-refractivity contribution in [3.8, 4) is 17.5 Å². The number of amides is 1. The third kappa shape index (κ3) is 4.57. The summed E-state index contributed by atoms with van der Waals surface area (Å²) in [5.74, 6) is 5.60.